The summed E-state index contributed by atoms with van der Waals surface area (Å²) in [6, 6.07) is 4.79. The van der Waals surface area contributed by atoms with Crippen LogP contribution in [-0.4, -0.2) is 29.7 Å². The Bertz CT molecular complexity index is 352. The molecule has 0 aromatic heterocycles. The average Bonchev–Trinajstić information content (AvgIpc) is 2.16. The van der Waals surface area contributed by atoms with Gasteiger partial charge in [-0.05, 0) is 17.7 Å². The van der Waals surface area contributed by atoms with Crippen molar-refractivity contribution in [1.29, 1.82) is 0 Å². The molecule has 0 amide bonds. The Morgan fingerprint density at radius 3 is 2.80 bits per heavy atom. The molecule has 1 aromatic rings. The Morgan fingerprint density at radius 2 is 2.20 bits per heavy atom. The first kappa shape index (κ1) is 10.9. The Labute approximate surface area is 93.3 Å². The summed E-state index contributed by atoms with van der Waals surface area (Å²) in [4.78, 5) is 2.20. The second kappa shape index (κ2) is 4.47. The van der Waals surface area contributed by atoms with Crippen LogP contribution >= 0.6 is 11.6 Å². The van der Waals surface area contributed by atoms with Gasteiger partial charge in [0.1, 0.15) is 5.82 Å². The molecular formula is C11H13ClFNO. The lowest BCUT2D eigenvalue weighted by Crippen LogP contribution is -2.47. The second-order valence-corrected chi connectivity index (χ2v) is 4.40. The minimum atomic E-state index is -0.378. The number of halogens is 2. The minimum absolute atomic E-state index is 0.173. The van der Waals surface area contributed by atoms with Crippen molar-refractivity contribution in [3.05, 3.63) is 34.6 Å². The summed E-state index contributed by atoms with van der Waals surface area (Å²) in [5, 5.41) is 9.03. The van der Waals surface area contributed by atoms with Gasteiger partial charge >= 0.3 is 0 Å². The predicted octanol–water partition coefficient (Wildman–Crippen LogP) is 1.90. The maximum atomic E-state index is 12.9. The van der Waals surface area contributed by atoms with Gasteiger partial charge in [0.2, 0.25) is 0 Å². The van der Waals surface area contributed by atoms with Crippen LogP contribution in [0.4, 0.5) is 4.39 Å². The van der Waals surface area contributed by atoms with Gasteiger partial charge in [0.15, 0.2) is 0 Å². The first-order chi connectivity index (χ1) is 7.19. The van der Waals surface area contributed by atoms with E-state index in [1.807, 2.05) is 0 Å². The number of aliphatic hydroxyl groups is 1. The van der Waals surface area contributed by atoms with Crippen molar-refractivity contribution in [1.82, 2.24) is 4.90 Å². The summed E-state index contributed by atoms with van der Waals surface area (Å²) < 4.78 is 12.9. The zero-order valence-electron chi connectivity index (χ0n) is 8.29. The van der Waals surface area contributed by atoms with E-state index in [0.29, 0.717) is 5.92 Å². The molecule has 2 nitrogen and oxygen atoms in total. The van der Waals surface area contributed by atoms with Gasteiger partial charge in [-0.15, -0.1) is 0 Å². The SMILES string of the molecule is OCC1CN(Cc2ccc(F)c(Cl)c2)C1. The lowest BCUT2D eigenvalue weighted by molar-refractivity contribution is 0.0479. The molecule has 0 unspecified atom stereocenters. The summed E-state index contributed by atoms with van der Waals surface area (Å²) in [7, 11) is 0. The van der Waals surface area contributed by atoms with Gasteiger partial charge in [-0.2, -0.15) is 0 Å². The van der Waals surface area contributed by atoms with E-state index in [1.54, 1.807) is 12.1 Å². The van der Waals surface area contributed by atoms with Crippen LogP contribution in [-0.2, 0) is 6.54 Å². The molecule has 1 aromatic carbocycles. The van der Waals surface area contributed by atoms with Crippen molar-refractivity contribution >= 4 is 11.6 Å². The Hall–Kier alpha value is -0.640. The zero-order valence-corrected chi connectivity index (χ0v) is 9.04. The van der Waals surface area contributed by atoms with E-state index in [0.717, 1.165) is 25.2 Å². The van der Waals surface area contributed by atoms with Crippen molar-refractivity contribution < 1.29 is 9.50 Å². The number of nitrogens with zero attached hydrogens (tertiary/aromatic N) is 1. The monoisotopic (exact) mass is 229 g/mol. The third-order valence-electron chi connectivity index (χ3n) is 2.68. The van der Waals surface area contributed by atoms with Crippen molar-refractivity contribution in [3.63, 3.8) is 0 Å². The molecule has 82 valence electrons. The Balaban J connectivity index is 1.92. The smallest absolute Gasteiger partial charge is 0.141 e. The molecule has 1 fully saturated rings. The number of hydrogen-bond acceptors (Lipinski definition) is 2. The fourth-order valence-corrected chi connectivity index (χ4v) is 2.02. The van der Waals surface area contributed by atoms with Gasteiger partial charge < -0.3 is 5.11 Å². The van der Waals surface area contributed by atoms with E-state index in [4.69, 9.17) is 16.7 Å². The minimum Gasteiger partial charge on any atom is -0.396 e. The molecular weight excluding hydrogens is 217 g/mol. The topological polar surface area (TPSA) is 23.5 Å². The molecule has 0 bridgehead atoms. The number of aliphatic hydroxyl groups excluding tert-OH is 1. The standard InChI is InChI=1S/C11H13ClFNO/c12-10-3-8(1-2-11(10)13)4-14-5-9(6-14)7-15/h1-3,9,15H,4-7H2. The van der Waals surface area contributed by atoms with Crippen molar-refractivity contribution in [2.24, 2.45) is 5.92 Å². The molecule has 1 saturated heterocycles. The molecule has 0 aliphatic carbocycles. The van der Waals surface area contributed by atoms with Crippen LogP contribution in [0.2, 0.25) is 5.02 Å². The van der Waals surface area contributed by atoms with E-state index in [-0.39, 0.29) is 17.4 Å². The van der Waals surface area contributed by atoms with Gasteiger partial charge in [0, 0.05) is 32.2 Å². The highest BCUT2D eigenvalue weighted by Gasteiger charge is 2.25. The summed E-state index contributed by atoms with van der Waals surface area (Å²) in [6.07, 6.45) is 0. The molecule has 4 heteroatoms. The van der Waals surface area contributed by atoms with E-state index >= 15 is 0 Å². The largest absolute Gasteiger partial charge is 0.396 e. The van der Waals surface area contributed by atoms with E-state index in [9.17, 15) is 4.39 Å². The molecule has 15 heavy (non-hydrogen) atoms. The first-order valence-electron chi connectivity index (χ1n) is 4.96. The van der Waals surface area contributed by atoms with E-state index < -0.39 is 0 Å². The molecule has 2 rings (SSSR count). The first-order valence-corrected chi connectivity index (χ1v) is 5.34. The van der Waals surface area contributed by atoms with Crippen LogP contribution in [0, 0.1) is 11.7 Å². The third kappa shape index (κ3) is 2.48. The molecule has 0 radical (unpaired) electrons. The fraction of sp³-hybridized carbons (Fsp3) is 0.455. The Morgan fingerprint density at radius 1 is 1.47 bits per heavy atom. The second-order valence-electron chi connectivity index (χ2n) is 3.99. The van der Waals surface area contributed by atoms with Crippen molar-refractivity contribution in [3.8, 4) is 0 Å². The quantitative estimate of drug-likeness (QED) is 0.856. The summed E-state index contributed by atoms with van der Waals surface area (Å²) in [5.41, 5.74) is 1.01. The number of rotatable bonds is 3. The van der Waals surface area contributed by atoms with Crippen LogP contribution in [0.25, 0.3) is 0 Å². The number of likely N-dealkylation sites (tertiary alicyclic amines) is 1. The van der Waals surface area contributed by atoms with Crippen LogP contribution < -0.4 is 0 Å². The Kier molecular flexibility index (Phi) is 3.24. The van der Waals surface area contributed by atoms with Gasteiger partial charge in [-0.25, -0.2) is 4.39 Å². The molecule has 1 aliphatic heterocycles. The number of benzene rings is 1. The molecule has 0 atom stereocenters. The van der Waals surface area contributed by atoms with Crippen molar-refractivity contribution in [2.75, 3.05) is 19.7 Å². The van der Waals surface area contributed by atoms with Crippen LogP contribution in [0.5, 0.6) is 0 Å². The van der Waals surface area contributed by atoms with Gasteiger partial charge in [-0.3, -0.25) is 4.90 Å². The highest BCUT2D eigenvalue weighted by Crippen LogP contribution is 2.21. The lowest BCUT2D eigenvalue weighted by Gasteiger charge is -2.38. The van der Waals surface area contributed by atoms with Crippen molar-refractivity contribution in [2.45, 2.75) is 6.54 Å². The molecule has 1 N–H and O–H groups in total. The van der Waals surface area contributed by atoms with E-state index in [2.05, 4.69) is 4.90 Å². The predicted molar refractivity (Wildman–Crippen MR) is 57.3 cm³/mol. The molecule has 0 saturated carbocycles. The molecule has 1 aliphatic rings. The fourth-order valence-electron chi connectivity index (χ4n) is 1.82. The summed E-state index contributed by atoms with van der Waals surface area (Å²) >= 11 is 5.68. The summed E-state index contributed by atoms with van der Waals surface area (Å²) in [5.74, 6) is 0.0261. The summed E-state index contributed by atoms with van der Waals surface area (Å²) in [6.45, 7) is 2.84. The van der Waals surface area contributed by atoms with E-state index in [1.165, 1.54) is 6.07 Å². The van der Waals surface area contributed by atoms with Crippen LogP contribution in [0.15, 0.2) is 18.2 Å². The highest BCUT2D eigenvalue weighted by molar-refractivity contribution is 6.30. The molecule has 0 spiro atoms. The van der Waals surface area contributed by atoms with Crippen LogP contribution in [0.3, 0.4) is 0 Å². The van der Waals surface area contributed by atoms with Gasteiger partial charge in [-0.1, -0.05) is 17.7 Å². The maximum Gasteiger partial charge on any atom is 0.141 e. The highest BCUT2D eigenvalue weighted by atomic mass is 35.5. The van der Waals surface area contributed by atoms with Gasteiger partial charge in [0.25, 0.3) is 0 Å². The number of hydrogen-bond donors (Lipinski definition) is 1. The average molecular weight is 230 g/mol. The maximum absolute atomic E-state index is 12.9. The normalized spacial score (nSPS) is 17.8. The zero-order chi connectivity index (χ0) is 10.8. The third-order valence-corrected chi connectivity index (χ3v) is 2.97. The van der Waals surface area contributed by atoms with Crippen LogP contribution in [0.1, 0.15) is 5.56 Å². The van der Waals surface area contributed by atoms with Gasteiger partial charge in [0.05, 0.1) is 5.02 Å². The lowest BCUT2D eigenvalue weighted by atomic mass is 10.0. The molecule has 1 heterocycles.